The fourth-order valence-electron chi connectivity index (χ4n) is 8.20. The van der Waals surface area contributed by atoms with Crippen molar-refractivity contribution in [2.24, 2.45) is 35.0 Å². The number of allylic oxidation sites excluding steroid dienone is 1. The number of ketones is 1. The number of nitrogens with zero attached hydrogens (tertiary/aromatic N) is 3. The third-order valence-electron chi connectivity index (χ3n) is 9.80. The number of aromatic nitrogens is 3. The van der Waals surface area contributed by atoms with Gasteiger partial charge in [0.15, 0.2) is 5.78 Å². The van der Waals surface area contributed by atoms with Gasteiger partial charge in [-0.2, -0.15) is 0 Å². The van der Waals surface area contributed by atoms with Gasteiger partial charge in [-0.05, 0) is 98.5 Å². The summed E-state index contributed by atoms with van der Waals surface area (Å²) in [5, 5.41) is 21.7. The molecule has 33 heavy (non-hydrogen) atoms. The molecule has 1 N–H and O–H groups in total. The van der Waals surface area contributed by atoms with Gasteiger partial charge in [-0.1, -0.05) is 36.2 Å². The molecule has 5 unspecified atom stereocenters. The van der Waals surface area contributed by atoms with E-state index < -0.39 is 5.60 Å². The number of hydrogen-bond acceptors (Lipinski definition) is 4. The monoisotopic (exact) mass is 465 g/mol. The summed E-state index contributed by atoms with van der Waals surface area (Å²) in [6.45, 7) is 4.67. The van der Waals surface area contributed by atoms with E-state index in [1.54, 1.807) is 4.68 Å². The number of carbonyl (C=O) groups is 1. The van der Waals surface area contributed by atoms with Gasteiger partial charge in [0.25, 0.3) is 0 Å². The van der Waals surface area contributed by atoms with Crippen LogP contribution in [0.4, 0.5) is 0 Å². The first-order chi connectivity index (χ1) is 15.8. The highest BCUT2D eigenvalue weighted by Gasteiger charge is 2.64. The maximum Gasteiger partial charge on any atom is 0.155 e. The van der Waals surface area contributed by atoms with Gasteiger partial charge in [-0.25, -0.2) is 4.68 Å². The van der Waals surface area contributed by atoms with Crippen molar-refractivity contribution in [3.8, 4) is 5.69 Å². The van der Waals surface area contributed by atoms with Crippen molar-refractivity contribution in [3.05, 3.63) is 52.8 Å². The molecule has 4 aliphatic rings. The van der Waals surface area contributed by atoms with Crippen LogP contribution in [-0.2, 0) is 10.4 Å². The molecule has 2 aromatic rings. The normalized spacial score (nSPS) is 40.1. The molecular formula is C27H32ClN3O2. The van der Waals surface area contributed by atoms with Gasteiger partial charge in [-0.15, -0.1) is 5.10 Å². The van der Waals surface area contributed by atoms with Crippen LogP contribution in [-0.4, -0.2) is 25.9 Å². The summed E-state index contributed by atoms with van der Waals surface area (Å²) in [6, 6.07) is 7.51. The van der Waals surface area contributed by atoms with Crippen LogP contribution in [0.5, 0.6) is 0 Å². The number of aliphatic hydroxyl groups is 1. The van der Waals surface area contributed by atoms with Gasteiger partial charge < -0.3 is 5.11 Å². The van der Waals surface area contributed by atoms with Gasteiger partial charge in [0.2, 0.25) is 0 Å². The van der Waals surface area contributed by atoms with Gasteiger partial charge in [0.05, 0.1) is 11.9 Å². The standard InChI is InChI=1S/C27H32ClN3O2/c1-16-13-17-14-20(32)7-8-21(17)22-9-11-26(2)23(25(16)22)10-12-27(26,33)24-15-31(30-29-24)19-5-3-18(28)4-6-19/h3-6,14-16,21-23,25,33H,7-13H2,1-2H3/t16?,21?,22?,23?,25?,26-,27+/m0/s1. The predicted octanol–water partition coefficient (Wildman–Crippen LogP) is 5.50. The number of rotatable bonds is 2. The quantitative estimate of drug-likeness (QED) is 0.636. The molecule has 3 fully saturated rings. The van der Waals surface area contributed by atoms with Crippen LogP contribution in [0.25, 0.3) is 5.69 Å². The topological polar surface area (TPSA) is 68.0 Å². The highest BCUT2D eigenvalue weighted by atomic mass is 35.5. The first kappa shape index (κ1) is 21.5. The lowest BCUT2D eigenvalue weighted by Crippen LogP contribution is -2.53. The number of halogens is 1. The summed E-state index contributed by atoms with van der Waals surface area (Å²) < 4.78 is 1.74. The largest absolute Gasteiger partial charge is 0.383 e. The van der Waals surface area contributed by atoms with Crippen LogP contribution in [0.1, 0.15) is 64.5 Å². The van der Waals surface area contributed by atoms with E-state index in [1.807, 2.05) is 36.5 Å². The second-order valence-electron chi connectivity index (χ2n) is 11.2. The molecule has 5 nitrogen and oxygen atoms in total. The molecule has 0 bridgehead atoms. The van der Waals surface area contributed by atoms with Crippen molar-refractivity contribution in [2.75, 3.05) is 0 Å². The summed E-state index contributed by atoms with van der Waals surface area (Å²) in [5.74, 6) is 3.12. The minimum Gasteiger partial charge on any atom is -0.383 e. The molecule has 1 aromatic heterocycles. The second kappa shape index (κ2) is 7.51. The third-order valence-corrected chi connectivity index (χ3v) is 10.1. The molecule has 1 heterocycles. The van der Waals surface area contributed by atoms with Gasteiger partial charge in [0.1, 0.15) is 11.3 Å². The van der Waals surface area contributed by atoms with Crippen LogP contribution in [0.2, 0.25) is 5.02 Å². The summed E-state index contributed by atoms with van der Waals surface area (Å²) in [4.78, 5) is 12.1. The number of carbonyl (C=O) groups excluding carboxylic acids is 1. The SMILES string of the molecule is CC1CC2=CC(=O)CCC2C2CC[C@@]3(C)C(CC[C@@]3(O)c3cn(-c4ccc(Cl)cc4)nn3)C12. The van der Waals surface area contributed by atoms with E-state index in [2.05, 4.69) is 24.2 Å². The first-order valence-corrected chi connectivity index (χ1v) is 12.8. The number of fused-ring (bicyclic) bond motifs is 5. The van der Waals surface area contributed by atoms with Crippen molar-refractivity contribution in [2.45, 2.75) is 64.4 Å². The maximum atomic E-state index is 12.2. The van der Waals surface area contributed by atoms with Crippen LogP contribution < -0.4 is 0 Å². The molecule has 3 saturated carbocycles. The highest BCUT2D eigenvalue weighted by Crippen LogP contribution is 2.68. The van der Waals surface area contributed by atoms with Crippen molar-refractivity contribution in [3.63, 3.8) is 0 Å². The lowest BCUT2D eigenvalue weighted by Gasteiger charge is -2.57. The van der Waals surface area contributed by atoms with E-state index >= 15 is 0 Å². The summed E-state index contributed by atoms with van der Waals surface area (Å²) in [5.41, 5.74) is 1.80. The minimum atomic E-state index is -0.967. The van der Waals surface area contributed by atoms with Crippen molar-refractivity contribution < 1.29 is 9.90 Å². The Balaban J connectivity index is 1.32. The second-order valence-corrected chi connectivity index (χ2v) is 11.7. The number of hydrogen-bond donors (Lipinski definition) is 1. The summed E-state index contributed by atoms with van der Waals surface area (Å²) in [7, 11) is 0. The van der Waals surface area contributed by atoms with Crippen molar-refractivity contribution >= 4 is 17.4 Å². The Morgan fingerprint density at radius 3 is 2.73 bits per heavy atom. The molecule has 6 rings (SSSR count). The van der Waals surface area contributed by atoms with Gasteiger partial charge in [-0.3, -0.25) is 4.79 Å². The Kier molecular flexibility index (Phi) is 4.90. The molecule has 6 heteroatoms. The molecule has 4 aliphatic carbocycles. The fraction of sp³-hybridized carbons (Fsp3) is 0.593. The zero-order valence-electron chi connectivity index (χ0n) is 19.4. The van der Waals surface area contributed by atoms with Crippen molar-refractivity contribution in [1.82, 2.24) is 15.0 Å². The Labute approximate surface area is 200 Å². The van der Waals surface area contributed by atoms with Gasteiger partial charge in [0, 0.05) is 16.9 Å². The molecule has 0 amide bonds. The molecule has 0 aliphatic heterocycles. The first-order valence-electron chi connectivity index (χ1n) is 12.4. The molecule has 0 spiro atoms. The third kappa shape index (κ3) is 3.11. The zero-order valence-corrected chi connectivity index (χ0v) is 20.1. The van der Waals surface area contributed by atoms with Crippen LogP contribution >= 0.6 is 11.6 Å². The van der Waals surface area contributed by atoms with Crippen LogP contribution in [0, 0.1) is 35.0 Å². The molecule has 174 valence electrons. The molecule has 0 radical (unpaired) electrons. The number of benzene rings is 1. The van der Waals surface area contributed by atoms with E-state index in [9.17, 15) is 9.90 Å². The lowest BCUT2D eigenvalue weighted by molar-refractivity contribution is -0.134. The lowest BCUT2D eigenvalue weighted by atomic mass is 9.48. The van der Waals surface area contributed by atoms with E-state index in [0.717, 1.165) is 44.2 Å². The molecule has 7 atom stereocenters. The smallest absolute Gasteiger partial charge is 0.155 e. The average molecular weight is 466 g/mol. The van der Waals surface area contributed by atoms with Crippen LogP contribution in [0.15, 0.2) is 42.1 Å². The van der Waals surface area contributed by atoms with Crippen LogP contribution in [0.3, 0.4) is 0 Å². The predicted molar refractivity (Wildman–Crippen MR) is 127 cm³/mol. The molecular weight excluding hydrogens is 434 g/mol. The van der Waals surface area contributed by atoms with E-state index in [0.29, 0.717) is 52.5 Å². The summed E-state index contributed by atoms with van der Waals surface area (Å²) in [6.07, 6.45) is 10.5. The van der Waals surface area contributed by atoms with Crippen molar-refractivity contribution in [1.29, 1.82) is 0 Å². The highest BCUT2D eigenvalue weighted by molar-refractivity contribution is 6.30. The molecule has 0 saturated heterocycles. The van der Waals surface area contributed by atoms with E-state index in [1.165, 1.54) is 5.57 Å². The van der Waals surface area contributed by atoms with E-state index in [-0.39, 0.29) is 5.41 Å². The average Bonchev–Trinajstić information content (AvgIpc) is 3.38. The zero-order chi connectivity index (χ0) is 23.0. The Morgan fingerprint density at radius 1 is 1.15 bits per heavy atom. The maximum absolute atomic E-state index is 12.2. The molecule has 1 aromatic carbocycles. The van der Waals surface area contributed by atoms with Gasteiger partial charge >= 0.3 is 0 Å². The Morgan fingerprint density at radius 2 is 1.94 bits per heavy atom. The minimum absolute atomic E-state index is 0.213. The van der Waals surface area contributed by atoms with E-state index in [4.69, 9.17) is 11.6 Å². The Bertz CT molecular complexity index is 1120. The summed E-state index contributed by atoms with van der Waals surface area (Å²) >= 11 is 6.04. The fourth-order valence-corrected chi connectivity index (χ4v) is 8.33. The Hall–Kier alpha value is -1.98.